The molecule has 0 aliphatic heterocycles. The average molecular weight is 751 g/mol. The molecule has 0 radical (unpaired) electrons. The van der Waals surface area contributed by atoms with Gasteiger partial charge in [-0.1, -0.05) is 60.7 Å². The number of benzene rings is 3. The molecule has 0 unspecified atom stereocenters. The number of ether oxygens (including phenoxy) is 1. The molecule has 1 fully saturated rings. The molecular formula is C35H38F4N4O6S2. The van der Waals surface area contributed by atoms with Crippen molar-refractivity contribution >= 4 is 43.6 Å². The summed E-state index contributed by atoms with van der Waals surface area (Å²) in [4.78, 5) is 30.9. The van der Waals surface area contributed by atoms with Crippen molar-refractivity contribution in [2.75, 3.05) is 26.8 Å². The van der Waals surface area contributed by atoms with Crippen LogP contribution >= 0.6 is 11.3 Å². The summed E-state index contributed by atoms with van der Waals surface area (Å²) in [6.45, 7) is -2.44. The third-order valence-electron chi connectivity index (χ3n) is 9.00. The van der Waals surface area contributed by atoms with Gasteiger partial charge < -0.3 is 15.6 Å². The van der Waals surface area contributed by atoms with Gasteiger partial charge in [-0.25, -0.2) is 40.7 Å². The van der Waals surface area contributed by atoms with Crippen LogP contribution in [0.2, 0.25) is 0 Å². The highest BCUT2D eigenvalue weighted by atomic mass is 32.2. The minimum Gasteiger partial charge on any atom is -0.452 e. The Morgan fingerprint density at radius 1 is 1.06 bits per heavy atom. The molecule has 1 aromatic heterocycles. The third-order valence-corrected chi connectivity index (χ3v) is 11.7. The lowest BCUT2D eigenvalue weighted by Crippen LogP contribution is -2.52. The summed E-state index contributed by atoms with van der Waals surface area (Å²) in [7, 11) is -3.60. The minimum atomic E-state index is -4.58. The number of carbonyl (C=O) groups is 2. The third kappa shape index (κ3) is 8.92. The van der Waals surface area contributed by atoms with Crippen molar-refractivity contribution in [1.82, 2.24) is 14.2 Å². The first-order chi connectivity index (χ1) is 24.2. The molecule has 51 heavy (non-hydrogen) atoms. The molecule has 4 aromatic rings. The zero-order chi connectivity index (χ0) is 37.0. The van der Waals surface area contributed by atoms with Crippen molar-refractivity contribution in [3.8, 4) is 0 Å². The number of sulfonamides is 1. The number of carbonyl (C=O) groups excluding carboxylic acids is 2. The van der Waals surface area contributed by atoms with Crippen molar-refractivity contribution in [1.29, 1.82) is 0 Å². The number of hydrogen-bond acceptors (Lipinski definition) is 9. The van der Waals surface area contributed by atoms with Gasteiger partial charge in [0.05, 0.1) is 46.4 Å². The van der Waals surface area contributed by atoms with E-state index < -0.39 is 103 Å². The first kappa shape index (κ1) is 38.3. The van der Waals surface area contributed by atoms with E-state index in [4.69, 9.17) is 10.5 Å². The van der Waals surface area contributed by atoms with Crippen LogP contribution in [0.1, 0.15) is 42.7 Å². The average Bonchev–Trinajstić information content (AvgIpc) is 3.58. The van der Waals surface area contributed by atoms with E-state index in [1.54, 1.807) is 60.7 Å². The van der Waals surface area contributed by atoms with Gasteiger partial charge in [-0.3, -0.25) is 4.79 Å². The first-order valence-corrected chi connectivity index (χ1v) is 18.4. The second-order valence-corrected chi connectivity index (χ2v) is 15.4. The highest BCUT2D eigenvalue weighted by molar-refractivity contribution is 7.89. The predicted molar refractivity (Wildman–Crippen MR) is 183 cm³/mol. The molecular weight excluding hydrogens is 713 g/mol. The topological polar surface area (TPSA) is 143 Å². The van der Waals surface area contributed by atoms with Crippen LogP contribution in [0.25, 0.3) is 10.2 Å². The molecule has 1 heterocycles. The smallest absolute Gasteiger partial charge is 0.416 e. The van der Waals surface area contributed by atoms with E-state index in [9.17, 15) is 31.9 Å². The SMILES string of the molecule is COC(=O)N(CCC(F)(F)C[C@@H](CO)N(CC1CC(F)(F)C1)S(=O)(=O)c1ccc2ncsc2c1)C(=O)[C@@H](N)C(c1ccccc1)c1ccccc1. The molecule has 0 bridgehead atoms. The maximum absolute atomic E-state index is 15.8. The van der Waals surface area contributed by atoms with Crippen LogP contribution in [0.15, 0.2) is 89.3 Å². The molecule has 0 saturated heterocycles. The van der Waals surface area contributed by atoms with E-state index in [-0.39, 0.29) is 4.90 Å². The maximum atomic E-state index is 15.8. The fourth-order valence-corrected chi connectivity index (χ4v) is 8.88. The van der Waals surface area contributed by atoms with E-state index in [0.717, 1.165) is 18.4 Å². The van der Waals surface area contributed by atoms with E-state index in [1.165, 1.54) is 23.7 Å². The zero-order valence-electron chi connectivity index (χ0n) is 27.6. The van der Waals surface area contributed by atoms with Gasteiger partial charge in [0.1, 0.15) is 0 Å². The highest BCUT2D eigenvalue weighted by Crippen LogP contribution is 2.44. The lowest BCUT2D eigenvalue weighted by Gasteiger charge is -2.40. The summed E-state index contributed by atoms with van der Waals surface area (Å²) in [6, 6.07) is 18.4. The van der Waals surface area contributed by atoms with Gasteiger partial charge in [-0.2, -0.15) is 4.31 Å². The Balaban J connectivity index is 1.37. The second kappa shape index (κ2) is 15.7. The zero-order valence-corrected chi connectivity index (χ0v) is 29.2. The summed E-state index contributed by atoms with van der Waals surface area (Å²) < 4.78 is 92.9. The van der Waals surface area contributed by atoms with Gasteiger partial charge in [-0.05, 0) is 35.2 Å². The van der Waals surface area contributed by atoms with Crippen molar-refractivity contribution in [2.45, 2.75) is 60.4 Å². The predicted octanol–water partition coefficient (Wildman–Crippen LogP) is 5.86. The standard InChI is InChI=1S/C35H38F4N4O6S2/c1-49-33(46)42(32(45)31(40)30(24-8-4-2-5-9-24)25-10-6-3-7-11-25)15-14-34(36,37)19-26(21-44)43(20-23-17-35(38,39)18-23)51(47,48)27-12-13-28-29(16-27)50-22-41-28/h2-13,16,22-23,26,30-31,44H,14-15,17-21,40H2,1H3/t26-,31-/m0/s1. The Labute approximate surface area is 296 Å². The van der Waals surface area contributed by atoms with Crippen molar-refractivity contribution in [3.63, 3.8) is 0 Å². The van der Waals surface area contributed by atoms with Crippen LogP contribution in [0.4, 0.5) is 22.4 Å². The number of methoxy groups -OCH3 is 1. The fraction of sp³-hybridized carbons (Fsp3) is 0.400. The lowest BCUT2D eigenvalue weighted by molar-refractivity contribution is -0.132. The lowest BCUT2D eigenvalue weighted by atomic mass is 9.81. The largest absolute Gasteiger partial charge is 0.452 e. The number of hydrogen-bond donors (Lipinski definition) is 2. The van der Waals surface area contributed by atoms with Crippen LogP contribution in [0, 0.1) is 5.92 Å². The molecule has 2 amide bonds. The van der Waals surface area contributed by atoms with Crippen molar-refractivity contribution in [2.24, 2.45) is 11.7 Å². The molecule has 5 rings (SSSR count). The fourth-order valence-electron chi connectivity index (χ4n) is 6.37. The maximum Gasteiger partial charge on any atom is 0.416 e. The minimum absolute atomic E-state index is 0.269. The molecule has 3 aromatic carbocycles. The molecule has 3 N–H and O–H groups in total. The number of amides is 2. The van der Waals surface area contributed by atoms with Gasteiger partial charge in [0.25, 0.3) is 5.92 Å². The number of aromatic nitrogens is 1. The summed E-state index contributed by atoms with van der Waals surface area (Å²) in [5.74, 6) is -9.34. The first-order valence-electron chi connectivity index (χ1n) is 16.1. The van der Waals surface area contributed by atoms with Crippen LogP contribution in [0.5, 0.6) is 0 Å². The number of aliphatic hydroxyl groups is 1. The van der Waals surface area contributed by atoms with Gasteiger partial charge in [0, 0.05) is 44.7 Å². The number of aliphatic hydroxyl groups excluding tert-OH is 1. The van der Waals surface area contributed by atoms with Crippen LogP contribution in [0.3, 0.4) is 0 Å². The summed E-state index contributed by atoms with van der Waals surface area (Å²) in [5, 5.41) is 10.3. The number of nitrogens with two attached hydrogens (primary N) is 1. The van der Waals surface area contributed by atoms with Gasteiger partial charge in [0.15, 0.2) is 0 Å². The van der Waals surface area contributed by atoms with E-state index in [0.29, 0.717) is 30.5 Å². The molecule has 274 valence electrons. The van der Waals surface area contributed by atoms with Crippen molar-refractivity contribution in [3.05, 3.63) is 95.5 Å². The van der Waals surface area contributed by atoms with Gasteiger partial charge in [0.2, 0.25) is 21.9 Å². The Kier molecular flexibility index (Phi) is 11.8. The molecule has 1 aliphatic rings. The Morgan fingerprint density at radius 3 is 2.22 bits per heavy atom. The normalized spacial score (nSPS) is 16.2. The molecule has 10 nitrogen and oxygen atoms in total. The highest BCUT2D eigenvalue weighted by Gasteiger charge is 2.49. The van der Waals surface area contributed by atoms with E-state index in [1.807, 2.05) is 0 Å². The number of thiazole rings is 1. The van der Waals surface area contributed by atoms with Crippen LogP contribution < -0.4 is 5.73 Å². The summed E-state index contributed by atoms with van der Waals surface area (Å²) >= 11 is 1.16. The van der Waals surface area contributed by atoms with E-state index in [2.05, 4.69) is 4.98 Å². The number of fused-ring (bicyclic) bond motifs is 1. The molecule has 2 atom stereocenters. The quantitative estimate of drug-likeness (QED) is 0.144. The number of nitrogens with zero attached hydrogens (tertiary/aromatic N) is 3. The number of imide groups is 1. The Morgan fingerprint density at radius 2 is 1.67 bits per heavy atom. The molecule has 1 aliphatic carbocycles. The van der Waals surface area contributed by atoms with Crippen molar-refractivity contribution < 1.29 is 45.4 Å². The van der Waals surface area contributed by atoms with Crippen LogP contribution in [-0.4, -0.2) is 90.4 Å². The number of rotatable bonds is 15. The monoisotopic (exact) mass is 750 g/mol. The number of alkyl halides is 4. The van der Waals surface area contributed by atoms with Gasteiger partial charge >= 0.3 is 6.09 Å². The Hall–Kier alpha value is -3.96. The Bertz CT molecular complexity index is 1870. The second-order valence-electron chi connectivity index (χ2n) is 12.6. The summed E-state index contributed by atoms with van der Waals surface area (Å²) in [6.07, 6.45) is -4.87. The van der Waals surface area contributed by atoms with Crippen LogP contribution in [-0.2, 0) is 19.6 Å². The molecule has 0 spiro atoms. The van der Waals surface area contributed by atoms with Gasteiger partial charge in [-0.15, -0.1) is 11.3 Å². The molecule has 1 saturated carbocycles. The number of halogens is 4. The summed E-state index contributed by atoms with van der Waals surface area (Å²) in [5.41, 5.74) is 9.77. The molecule has 16 heteroatoms. The van der Waals surface area contributed by atoms with E-state index >= 15 is 8.78 Å².